The summed E-state index contributed by atoms with van der Waals surface area (Å²) < 4.78 is 11.6. The fourth-order valence-electron chi connectivity index (χ4n) is 4.29. The molecule has 1 aromatic carbocycles. The Balaban J connectivity index is 1.60. The number of hydrogen-bond donors (Lipinski definition) is 1. The minimum absolute atomic E-state index is 0.0852. The summed E-state index contributed by atoms with van der Waals surface area (Å²) in [5.41, 5.74) is 0.571. The van der Waals surface area contributed by atoms with Crippen molar-refractivity contribution in [1.82, 2.24) is 10.2 Å². The molecule has 1 aliphatic heterocycles. The molecule has 1 saturated heterocycles. The van der Waals surface area contributed by atoms with Gasteiger partial charge < -0.3 is 19.7 Å². The lowest BCUT2D eigenvalue weighted by Gasteiger charge is -2.36. The molecule has 1 amide bonds. The van der Waals surface area contributed by atoms with Crippen molar-refractivity contribution < 1.29 is 14.3 Å². The van der Waals surface area contributed by atoms with E-state index in [2.05, 4.69) is 24.1 Å². The van der Waals surface area contributed by atoms with Crippen molar-refractivity contribution in [3.63, 3.8) is 0 Å². The van der Waals surface area contributed by atoms with Crippen molar-refractivity contribution in [2.45, 2.75) is 70.9 Å². The zero-order chi connectivity index (χ0) is 19.9. The van der Waals surface area contributed by atoms with Crippen LogP contribution in [0.1, 0.15) is 69.2 Å². The minimum Gasteiger partial charge on any atom is -0.497 e. The Morgan fingerprint density at radius 3 is 2.54 bits per heavy atom. The fraction of sp³-hybridized carbons (Fsp3) is 0.696. The van der Waals surface area contributed by atoms with E-state index in [9.17, 15) is 4.79 Å². The van der Waals surface area contributed by atoms with Crippen molar-refractivity contribution >= 4 is 5.91 Å². The molecule has 0 unspecified atom stereocenters. The summed E-state index contributed by atoms with van der Waals surface area (Å²) in [6.45, 7) is 7.18. The van der Waals surface area contributed by atoms with Crippen LogP contribution in [-0.4, -0.2) is 49.7 Å². The van der Waals surface area contributed by atoms with Crippen molar-refractivity contribution in [3.8, 4) is 11.5 Å². The van der Waals surface area contributed by atoms with Crippen LogP contribution in [0.4, 0.5) is 0 Å². The van der Waals surface area contributed by atoms with Crippen LogP contribution in [0.5, 0.6) is 11.5 Å². The van der Waals surface area contributed by atoms with E-state index in [0.29, 0.717) is 29.5 Å². The van der Waals surface area contributed by atoms with Crippen LogP contribution in [0.15, 0.2) is 18.2 Å². The smallest absolute Gasteiger partial charge is 0.255 e. The van der Waals surface area contributed by atoms with Crippen LogP contribution < -0.4 is 14.8 Å². The maximum atomic E-state index is 12.7. The van der Waals surface area contributed by atoms with Crippen LogP contribution in [0.25, 0.3) is 0 Å². The Morgan fingerprint density at radius 1 is 1.18 bits per heavy atom. The number of hydrogen-bond acceptors (Lipinski definition) is 4. The van der Waals surface area contributed by atoms with E-state index < -0.39 is 0 Å². The summed E-state index contributed by atoms with van der Waals surface area (Å²) in [5.74, 6) is 1.82. The van der Waals surface area contributed by atoms with Gasteiger partial charge in [0.05, 0.1) is 12.7 Å². The first kappa shape index (κ1) is 21.0. The Hall–Kier alpha value is -1.75. The molecule has 2 aliphatic rings. The molecular weight excluding hydrogens is 352 g/mol. The maximum Gasteiger partial charge on any atom is 0.255 e. The van der Waals surface area contributed by atoms with Gasteiger partial charge in [0.15, 0.2) is 0 Å². The summed E-state index contributed by atoms with van der Waals surface area (Å²) in [7, 11) is 1.62. The molecule has 5 nitrogen and oxygen atoms in total. The molecule has 3 rings (SSSR count). The molecule has 1 aliphatic carbocycles. The van der Waals surface area contributed by atoms with E-state index in [0.717, 1.165) is 38.4 Å². The Kier molecular flexibility index (Phi) is 7.60. The second-order valence-corrected chi connectivity index (χ2v) is 8.59. The lowest BCUT2D eigenvalue weighted by molar-refractivity contribution is 0.0749. The molecule has 0 atom stereocenters. The summed E-state index contributed by atoms with van der Waals surface area (Å²) in [6.07, 6.45) is 8.65. The molecule has 0 spiro atoms. The van der Waals surface area contributed by atoms with Crippen LogP contribution in [-0.2, 0) is 0 Å². The highest BCUT2D eigenvalue weighted by Gasteiger charge is 2.28. The predicted octanol–water partition coefficient (Wildman–Crippen LogP) is 4.26. The van der Waals surface area contributed by atoms with Gasteiger partial charge in [-0.05, 0) is 56.2 Å². The number of likely N-dealkylation sites (tertiary alicyclic amines) is 1. The largest absolute Gasteiger partial charge is 0.497 e. The molecule has 0 aromatic heterocycles. The molecule has 28 heavy (non-hydrogen) atoms. The fourth-order valence-corrected chi connectivity index (χ4v) is 4.29. The van der Waals surface area contributed by atoms with Gasteiger partial charge in [-0.2, -0.15) is 0 Å². The third kappa shape index (κ3) is 5.63. The zero-order valence-electron chi connectivity index (χ0n) is 17.7. The van der Waals surface area contributed by atoms with Crippen LogP contribution in [0, 0.1) is 5.92 Å². The number of ether oxygens (including phenoxy) is 2. The van der Waals surface area contributed by atoms with Gasteiger partial charge in [-0.3, -0.25) is 4.79 Å². The van der Waals surface area contributed by atoms with Gasteiger partial charge >= 0.3 is 0 Å². The first-order valence-electron chi connectivity index (χ1n) is 10.9. The molecule has 1 aromatic rings. The molecule has 2 fully saturated rings. The standard InChI is InChI=1S/C23H36N2O3/c1-17(2)10-13-24-23(26)21-16-20(27-3)8-9-22(21)28-19-11-14-25(15-12-19)18-6-4-5-7-18/h8-9,16-19H,4-7,10-15H2,1-3H3,(H,24,26). The van der Waals surface area contributed by atoms with Gasteiger partial charge in [0.1, 0.15) is 17.6 Å². The first-order chi connectivity index (χ1) is 13.6. The normalized spacial score (nSPS) is 19.1. The third-order valence-electron chi connectivity index (χ3n) is 6.05. The van der Waals surface area contributed by atoms with Crippen molar-refractivity contribution in [3.05, 3.63) is 23.8 Å². The van der Waals surface area contributed by atoms with Crippen molar-refractivity contribution in [2.75, 3.05) is 26.7 Å². The molecule has 0 radical (unpaired) electrons. The number of carbonyl (C=O) groups excluding carboxylic acids is 1. The number of nitrogens with one attached hydrogen (secondary N) is 1. The second-order valence-electron chi connectivity index (χ2n) is 8.59. The van der Waals surface area contributed by atoms with E-state index >= 15 is 0 Å². The van der Waals surface area contributed by atoms with E-state index in [-0.39, 0.29) is 12.0 Å². The number of piperidine rings is 1. The van der Waals surface area contributed by atoms with E-state index in [1.165, 1.54) is 25.7 Å². The average molecular weight is 389 g/mol. The summed E-state index contributed by atoms with van der Waals surface area (Å²) in [4.78, 5) is 15.4. The quantitative estimate of drug-likeness (QED) is 0.723. The van der Waals surface area contributed by atoms with Gasteiger partial charge in [-0.25, -0.2) is 0 Å². The number of nitrogens with zero attached hydrogens (tertiary/aromatic N) is 1. The minimum atomic E-state index is -0.0852. The molecule has 1 N–H and O–H groups in total. The summed E-state index contributed by atoms with van der Waals surface area (Å²) >= 11 is 0. The Labute approximate surface area is 169 Å². The average Bonchev–Trinajstić information content (AvgIpc) is 3.23. The highest BCUT2D eigenvalue weighted by atomic mass is 16.5. The molecule has 1 heterocycles. The highest BCUT2D eigenvalue weighted by Crippen LogP contribution is 2.30. The molecule has 5 heteroatoms. The van der Waals surface area contributed by atoms with E-state index in [1.54, 1.807) is 13.2 Å². The van der Waals surface area contributed by atoms with Gasteiger partial charge in [0.25, 0.3) is 5.91 Å². The van der Waals surface area contributed by atoms with Crippen LogP contribution >= 0.6 is 0 Å². The summed E-state index contributed by atoms with van der Waals surface area (Å²) in [6, 6.07) is 6.31. The van der Waals surface area contributed by atoms with Gasteiger partial charge in [0.2, 0.25) is 0 Å². The maximum absolute atomic E-state index is 12.7. The lowest BCUT2D eigenvalue weighted by Crippen LogP contribution is -2.43. The number of carbonyl (C=O) groups is 1. The summed E-state index contributed by atoms with van der Waals surface area (Å²) in [5, 5.41) is 3.02. The Morgan fingerprint density at radius 2 is 1.89 bits per heavy atom. The second kappa shape index (κ2) is 10.1. The van der Waals surface area contributed by atoms with E-state index in [1.807, 2.05) is 12.1 Å². The van der Waals surface area contributed by atoms with Crippen molar-refractivity contribution in [1.29, 1.82) is 0 Å². The number of rotatable bonds is 8. The Bertz CT molecular complexity index is 633. The van der Waals surface area contributed by atoms with Crippen LogP contribution in [0.3, 0.4) is 0 Å². The zero-order valence-corrected chi connectivity index (χ0v) is 17.7. The molecule has 0 bridgehead atoms. The number of amides is 1. The highest BCUT2D eigenvalue weighted by molar-refractivity contribution is 5.97. The molecule has 1 saturated carbocycles. The molecule has 156 valence electrons. The lowest BCUT2D eigenvalue weighted by atomic mass is 10.0. The van der Waals surface area contributed by atoms with Crippen molar-refractivity contribution in [2.24, 2.45) is 5.92 Å². The van der Waals surface area contributed by atoms with Gasteiger partial charge in [-0.1, -0.05) is 26.7 Å². The SMILES string of the molecule is COc1ccc(OC2CCN(C3CCCC3)CC2)c(C(=O)NCCC(C)C)c1. The van der Waals surface area contributed by atoms with Crippen LogP contribution in [0.2, 0.25) is 0 Å². The topological polar surface area (TPSA) is 50.8 Å². The monoisotopic (exact) mass is 388 g/mol. The predicted molar refractivity (Wildman–Crippen MR) is 112 cm³/mol. The third-order valence-corrected chi connectivity index (χ3v) is 6.05. The van der Waals surface area contributed by atoms with E-state index in [4.69, 9.17) is 9.47 Å². The van der Waals surface area contributed by atoms with Gasteiger partial charge in [-0.15, -0.1) is 0 Å². The molecular formula is C23H36N2O3. The first-order valence-corrected chi connectivity index (χ1v) is 10.9. The number of benzene rings is 1. The number of methoxy groups -OCH3 is 1. The van der Waals surface area contributed by atoms with Gasteiger partial charge in [0, 0.05) is 25.7 Å².